The second-order valence-electron chi connectivity index (χ2n) is 7.05. The molecule has 1 fully saturated rings. The molecule has 148 valence electrons. The van der Waals surface area contributed by atoms with Crippen molar-refractivity contribution in [3.63, 3.8) is 0 Å². The number of hydroxylamine groups is 1. The Morgan fingerprint density at radius 3 is 2.39 bits per heavy atom. The lowest BCUT2D eigenvalue weighted by atomic mass is 9.88. The number of hydrogen-bond donors (Lipinski definition) is 2. The molecule has 0 atom stereocenters. The van der Waals surface area contributed by atoms with E-state index in [-0.39, 0.29) is 11.8 Å². The molecule has 1 aliphatic rings. The van der Waals surface area contributed by atoms with Crippen molar-refractivity contribution in [1.29, 1.82) is 0 Å². The molecule has 6 nitrogen and oxygen atoms in total. The van der Waals surface area contributed by atoms with Crippen LogP contribution in [-0.4, -0.2) is 44.0 Å². The molecule has 1 heterocycles. The highest BCUT2D eigenvalue weighted by molar-refractivity contribution is 5.97. The minimum Gasteiger partial charge on any atom is -0.339 e. The summed E-state index contributed by atoms with van der Waals surface area (Å²) in [5.41, 5.74) is 5.97. The van der Waals surface area contributed by atoms with Crippen molar-refractivity contribution >= 4 is 11.8 Å². The Hall–Kier alpha value is -2.70. The van der Waals surface area contributed by atoms with Gasteiger partial charge in [-0.25, -0.2) is 5.48 Å². The maximum Gasteiger partial charge on any atom is 0.274 e. The van der Waals surface area contributed by atoms with Crippen molar-refractivity contribution in [3.8, 4) is 0 Å². The van der Waals surface area contributed by atoms with Gasteiger partial charge in [-0.3, -0.25) is 14.4 Å². The first-order valence-electron chi connectivity index (χ1n) is 9.58. The number of nitrogens with one attached hydrogen (secondary N) is 2. The SMILES string of the molecule is CNCc1cccc(C2CCN(C(=O)c3ccc(C(=O)NOC)cc3)CC2)c1. The molecule has 2 aromatic rings. The molecular formula is C22H27N3O3. The van der Waals surface area contributed by atoms with Gasteiger partial charge in [0.2, 0.25) is 0 Å². The molecule has 0 unspecified atom stereocenters. The van der Waals surface area contributed by atoms with E-state index in [4.69, 9.17) is 0 Å². The van der Waals surface area contributed by atoms with E-state index >= 15 is 0 Å². The summed E-state index contributed by atoms with van der Waals surface area (Å²) >= 11 is 0. The van der Waals surface area contributed by atoms with Gasteiger partial charge in [0.15, 0.2) is 0 Å². The topological polar surface area (TPSA) is 70.7 Å². The van der Waals surface area contributed by atoms with Crippen LogP contribution in [0.3, 0.4) is 0 Å². The summed E-state index contributed by atoms with van der Waals surface area (Å²) in [6.07, 6.45) is 1.92. The number of amides is 2. The number of likely N-dealkylation sites (tertiary alicyclic amines) is 1. The molecule has 0 spiro atoms. The third kappa shape index (κ3) is 4.77. The van der Waals surface area contributed by atoms with Crippen LogP contribution in [0.15, 0.2) is 48.5 Å². The summed E-state index contributed by atoms with van der Waals surface area (Å²) in [5, 5.41) is 3.19. The van der Waals surface area contributed by atoms with E-state index in [2.05, 4.69) is 39.9 Å². The first-order chi connectivity index (χ1) is 13.6. The van der Waals surface area contributed by atoms with Crippen LogP contribution in [0.25, 0.3) is 0 Å². The number of piperidine rings is 1. The van der Waals surface area contributed by atoms with E-state index in [0.29, 0.717) is 17.0 Å². The number of hydrogen-bond acceptors (Lipinski definition) is 4. The van der Waals surface area contributed by atoms with Crippen LogP contribution < -0.4 is 10.8 Å². The highest BCUT2D eigenvalue weighted by Gasteiger charge is 2.24. The normalized spacial score (nSPS) is 14.7. The van der Waals surface area contributed by atoms with Gasteiger partial charge in [0, 0.05) is 30.8 Å². The minimum absolute atomic E-state index is 0.0149. The van der Waals surface area contributed by atoms with Crippen LogP contribution in [0.1, 0.15) is 50.6 Å². The fourth-order valence-corrected chi connectivity index (χ4v) is 3.68. The van der Waals surface area contributed by atoms with Crippen LogP contribution in [0, 0.1) is 0 Å². The summed E-state index contributed by atoms with van der Waals surface area (Å²) in [7, 11) is 3.34. The monoisotopic (exact) mass is 381 g/mol. The molecule has 2 N–H and O–H groups in total. The summed E-state index contributed by atoms with van der Waals surface area (Å²) in [6, 6.07) is 15.4. The van der Waals surface area contributed by atoms with Crippen LogP contribution >= 0.6 is 0 Å². The van der Waals surface area contributed by atoms with E-state index in [0.717, 1.165) is 32.5 Å². The zero-order valence-corrected chi connectivity index (χ0v) is 16.4. The zero-order chi connectivity index (χ0) is 19.9. The van der Waals surface area contributed by atoms with Gasteiger partial charge < -0.3 is 10.2 Å². The predicted molar refractivity (Wildman–Crippen MR) is 108 cm³/mol. The highest BCUT2D eigenvalue weighted by atomic mass is 16.6. The van der Waals surface area contributed by atoms with Gasteiger partial charge in [-0.05, 0) is 61.2 Å². The molecule has 0 radical (unpaired) electrons. The number of nitrogens with zero attached hydrogens (tertiary/aromatic N) is 1. The largest absolute Gasteiger partial charge is 0.339 e. The molecule has 0 aromatic heterocycles. The van der Waals surface area contributed by atoms with Crippen molar-refractivity contribution in [2.75, 3.05) is 27.2 Å². The summed E-state index contributed by atoms with van der Waals surface area (Å²) < 4.78 is 0. The smallest absolute Gasteiger partial charge is 0.274 e. The Kier molecular flexibility index (Phi) is 6.79. The average molecular weight is 381 g/mol. The lowest BCUT2D eigenvalue weighted by Gasteiger charge is -2.32. The fraction of sp³-hybridized carbons (Fsp3) is 0.364. The Morgan fingerprint density at radius 2 is 1.75 bits per heavy atom. The molecule has 2 aromatic carbocycles. The molecule has 2 amide bonds. The molecule has 0 aliphatic carbocycles. The van der Waals surface area contributed by atoms with Gasteiger partial charge >= 0.3 is 0 Å². The third-order valence-electron chi connectivity index (χ3n) is 5.17. The predicted octanol–water partition coefficient (Wildman–Crippen LogP) is 2.72. The molecule has 3 rings (SSSR count). The summed E-state index contributed by atoms with van der Waals surface area (Å²) in [6.45, 7) is 2.35. The average Bonchev–Trinajstić information content (AvgIpc) is 2.74. The third-order valence-corrected chi connectivity index (χ3v) is 5.17. The number of benzene rings is 2. The minimum atomic E-state index is -0.331. The Balaban J connectivity index is 1.59. The maximum atomic E-state index is 12.8. The van der Waals surface area contributed by atoms with E-state index in [1.807, 2.05) is 11.9 Å². The van der Waals surface area contributed by atoms with Gasteiger partial charge in [-0.2, -0.15) is 0 Å². The molecule has 28 heavy (non-hydrogen) atoms. The first kappa shape index (κ1) is 20.0. The lowest BCUT2D eigenvalue weighted by molar-refractivity contribution is 0.0537. The Labute approximate surface area is 165 Å². The summed E-state index contributed by atoms with van der Waals surface area (Å²) in [5.74, 6) is 0.171. The summed E-state index contributed by atoms with van der Waals surface area (Å²) in [4.78, 5) is 31.0. The molecule has 0 bridgehead atoms. The number of carbonyl (C=O) groups is 2. The molecule has 6 heteroatoms. The van der Waals surface area contributed by atoms with Crippen LogP contribution in [-0.2, 0) is 11.4 Å². The molecule has 0 saturated carbocycles. The quantitative estimate of drug-likeness (QED) is 0.755. The molecule has 1 saturated heterocycles. The van der Waals surface area contributed by atoms with Crippen LogP contribution in [0.5, 0.6) is 0 Å². The Morgan fingerprint density at radius 1 is 1.07 bits per heavy atom. The van der Waals surface area contributed by atoms with Crippen molar-refractivity contribution < 1.29 is 14.4 Å². The van der Waals surface area contributed by atoms with Crippen LogP contribution in [0.4, 0.5) is 0 Å². The maximum absolute atomic E-state index is 12.8. The van der Waals surface area contributed by atoms with Crippen molar-refractivity contribution in [3.05, 3.63) is 70.8 Å². The van der Waals surface area contributed by atoms with Gasteiger partial charge in [0.25, 0.3) is 11.8 Å². The zero-order valence-electron chi connectivity index (χ0n) is 16.4. The van der Waals surface area contributed by atoms with E-state index in [9.17, 15) is 9.59 Å². The molecule has 1 aliphatic heterocycles. The van der Waals surface area contributed by atoms with Crippen molar-refractivity contribution in [1.82, 2.24) is 15.7 Å². The number of carbonyl (C=O) groups excluding carboxylic acids is 2. The molecular weight excluding hydrogens is 354 g/mol. The highest BCUT2D eigenvalue weighted by Crippen LogP contribution is 2.29. The first-order valence-corrected chi connectivity index (χ1v) is 9.58. The Bertz CT molecular complexity index is 812. The number of rotatable bonds is 6. The van der Waals surface area contributed by atoms with Crippen molar-refractivity contribution in [2.24, 2.45) is 0 Å². The fourth-order valence-electron chi connectivity index (χ4n) is 3.68. The van der Waals surface area contributed by atoms with Crippen molar-refractivity contribution in [2.45, 2.75) is 25.3 Å². The van der Waals surface area contributed by atoms with Gasteiger partial charge in [0.1, 0.15) is 0 Å². The van der Waals surface area contributed by atoms with Crippen LogP contribution in [0.2, 0.25) is 0 Å². The van der Waals surface area contributed by atoms with E-state index in [1.165, 1.54) is 18.2 Å². The second kappa shape index (κ2) is 9.48. The standard InChI is InChI=1S/C22H27N3O3/c1-23-15-16-4-3-5-20(14-16)17-10-12-25(13-11-17)22(27)19-8-6-18(7-9-19)21(26)24-28-2/h3-9,14,17,23H,10-13,15H2,1-2H3,(H,24,26). The van der Waals surface area contributed by atoms with E-state index in [1.54, 1.807) is 24.3 Å². The van der Waals surface area contributed by atoms with Gasteiger partial charge in [-0.15, -0.1) is 0 Å². The van der Waals surface area contributed by atoms with Gasteiger partial charge in [-0.1, -0.05) is 24.3 Å². The lowest BCUT2D eigenvalue weighted by Crippen LogP contribution is -2.38. The van der Waals surface area contributed by atoms with Gasteiger partial charge in [0.05, 0.1) is 7.11 Å². The second-order valence-corrected chi connectivity index (χ2v) is 7.05. The van der Waals surface area contributed by atoms with E-state index < -0.39 is 0 Å².